The van der Waals surface area contributed by atoms with Gasteiger partial charge < -0.3 is 10.0 Å². The normalized spacial score (nSPS) is 20.4. The standard InChI is InChI=1S/C14H16ClNOS/c1-16-6-4-14(17,5-7-16)13-9-10-8-11(15)2-3-12(10)18-13/h2-3,8-9,17H,4-7H2,1H3. The van der Waals surface area contributed by atoms with E-state index in [0.717, 1.165) is 41.2 Å². The van der Waals surface area contributed by atoms with Gasteiger partial charge in [-0.25, -0.2) is 0 Å². The van der Waals surface area contributed by atoms with E-state index in [-0.39, 0.29) is 0 Å². The molecule has 0 atom stereocenters. The second-order valence-electron chi connectivity index (χ2n) is 5.13. The first-order chi connectivity index (χ1) is 8.57. The molecule has 0 saturated carbocycles. The Balaban J connectivity index is 1.98. The molecule has 1 fully saturated rings. The quantitative estimate of drug-likeness (QED) is 0.865. The van der Waals surface area contributed by atoms with Gasteiger partial charge in [0.2, 0.25) is 0 Å². The summed E-state index contributed by atoms with van der Waals surface area (Å²) < 4.78 is 1.20. The molecule has 96 valence electrons. The van der Waals surface area contributed by atoms with Crippen LogP contribution in [-0.2, 0) is 5.60 Å². The third-order valence-electron chi connectivity index (χ3n) is 3.75. The Morgan fingerprint density at radius 2 is 2.00 bits per heavy atom. The number of nitrogens with zero attached hydrogens (tertiary/aromatic N) is 1. The topological polar surface area (TPSA) is 23.5 Å². The molecule has 1 aromatic heterocycles. The fraction of sp³-hybridized carbons (Fsp3) is 0.429. The van der Waals surface area contributed by atoms with E-state index in [4.69, 9.17) is 11.6 Å². The smallest absolute Gasteiger partial charge is 0.101 e. The predicted molar refractivity (Wildman–Crippen MR) is 77.5 cm³/mol. The SMILES string of the molecule is CN1CCC(O)(c2cc3cc(Cl)ccc3s2)CC1. The summed E-state index contributed by atoms with van der Waals surface area (Å²) in [5.41, 5.74) is -0.650. The summed E-state index contributed by atoms with van der Waals surface area (Å²) in [5, 5.41) is 12.7. The number of aliphatic hydroxyl groups is 1. The van der Waals surface area contributed by atoms with Gasteiger partial charge in [-0.15, -0.1) is 11.3 Å². The van der Waals surface area contributed by atoms with Crippen molar-refractivity contribution in [2.24, 2.45) is 0 Å². The summed E-state index contributed by atoms with van der Waals surface area (Å²) in [4.78, 5) is 3.34. The van der Waals surface area contributed by atoms with Gasteiger partial charge in [0, 0.05) is 27.7 Å². The maximum Gasteiger partial charge on any atom is 0.101 e. The fourth-order valence-corrected chi connectivity index (χ4v) is 3.85. The molecule has 0 aliphatic carbocycles. The Hall–Kier alpha value is -0.610. The molecule has 2 aromatic rings. The van der Waals surface area contributed by atoms with Crippen molar-refractivity contribution in [1.29, 1.82) is 0 Å². The lowest BCUT2D eigenvalue weighted by molar-refractivity contribution is -0.0171. The molecular formula is C14H16ClNOS. The highest BCUT2D eigenvalue weighted by atomic mass is 35.5. The lowest BCUT2D eigenvalue weighted by Gasteiger charge is -2.35. The van der Waals surface area contributed by atoms with Gasteiger partial charge >= 0.3 is 0 Å². The largest absolute Gasteiger partial charge is 0.384 e. The van der Waals surface area contributed by atoms with Crippen molar-refractivity contribution in [2.45, 2.75) is 18.4 Å². The molecule has 2 nitrogen and oxygen atoms in total. The van der Waals surface area contributed by atoms with Gasteiger partial charge in [-0.3, -0.25) is 0 Å². The molecule has 1 N–H and O–H groups in total. The predicted octanol–water partition coefficient (Wildman–Crippen LogP) is 3.47. The van der Waals surface area contributed by atoms with Crippen LogP contribution in [0.4, 0.5) is 0 Å². The first-order valence-corrected chi connectivity index (χ1v) is 7.37. The van der Waals surface area contributed by atoms with Crippen LogP contribution in [0.25, 0.3) is 10.1 Å². The van der Waals surface area contributed by atoms with Crippen LogP contribution in [0, 0.1) is 0 Å². The van der Waals surface area contributed by atoms with Gasteiger partial charge in [-0.05, 0) is 49.5 Å². The molecule has 0 spiro atoms. The van der Waals surface area contributed by atoms with Gasteiger partial charge in [0.05, 0.1) is 0 Å². The second kappa shape index (κ2) is 4.49. The third-order valence-corrected chi connectivity index (χ3v) is 5.30. The molecule has 1 saturated heterocycles. The Morgan fingerprint density at radius 3 is 2.72 bits per heavy atom. The van der Waals surface area contributed by atoms with Crippen molar-refractivity contribution in [2.75, 3.05) is 20.1 Å². The van der Waals surface area contributed by atoms with E-state index < -0.39 is 5.60 Å². The van der Waals surface area contributed by atoms with E-state index >= 15 is 0 Å². The average Bonchev–Trinajstić information content (AvgIpc) is 2.77. The van der Waals surface area contributed by atoms with E-state index in [1.165, 1.54) is 4.70 Å². The van der Waals surface area contributed by atoms with Gasteiger partial charge in [0.1, 0.15) is 5.60 Å². The number of halogens is 1. The van der Waals surface area contributed by atoms with E-state index in [1.54, 1.807) is 11.3 Å². The Morgan fingerprint density at radius 1 is 1.28 bits per heavy atom. The zero-order valence-corrected chi connectivity index (χ0v) is 11.9. The van der Waals surface area contributed by atoms with Gasteiger partial charge in [-0.1, -0.05) is 11.6 Å². The molecule has 0 unspecified atom stereocenters. The second-order valence-corrected chi connectivity index (χ2v) is 6.65. The summed E-state index contributed by atoms with van der Waals surface area (Å²) >= 11 is 7.69. The van der Waals surface area contributed by atoms with Crippen LogP contribution in [-0.4, -0.2) is 30.1 Å². The van der Waals surface area contributed by atoms with E-state index in [0.29, 0.717) is 0 Å². The molecule has 1 aromatic carbocycles. The minimum atomic E-state index is -0.650. The number of fused-ring (bicyclic) bond motifs is 1. The number of benzene rings is 1. The maximum absolute atomic E-state index is 10.8. The highest BCUT2D eigenvalue weighted by molar-refractivity contribution is 7.19. The summed E-state index contributed by atoms with van der Waals surface area (Å²) in [6.45, 7) is 1.90. The van der Waals surface area contributed by atoms with Crippen molar-refractivity contribution in [3.05, 3.63) is 34.2 Å². The summed E-state index contributed by atoms with van der Waals surface area (Å²) in [7, 11) is 2.10. The molecule has 0 amide bonds. The van der Waals surface area contributed by atoms with E-state index in [9.17, 15) is 5.11 Å². The Labute approximate surface area is 116 Å². The van der Waals surface area contributed by atoms with Crippen molar-refractivity contribution >= 4 is 33.0 Å². The highest BCUT2D eigenvalue weighted by Gasteiger charge is 2.34. The van der Waals surface area contributed by atoms with Crippen LogP contribution in [0.3, 0.4) is 0 Å². The molecule has 1 aliphatic rings. The number of hydrogen-bond acceptors (Lipinski definition) is 3. The lowest BCUT2D eigenvalue weighted by Crippen LogP contribution is -2.40. The molecule has 1 aliphatic heterocycles. The molecule has 4 heteroatoms. The van der Waals surface area contributed by atoms with Gasteiger partial charge in [0.15, 0.2) is 0 Å². The fourth-order valence-electron chi connectivity index (χ4n) is 2.48. The van der Waals surface area contributed by atoms with Crippen LogP contribution in [0.1, 0.15) is 17.7 Å². The number of hydrogen-bond donors (Lipinski definition) is 1. The third kappa shape index (κ3) is 2.16. The van der Waals surface area contributed by atoms with Crippen molar-refractivity contribution < 1.29 is 5.11 Å². The molecular weight excluding hydrogens is 266 g/mol. The van der Waals surface area contributed by atoms with Crippen molar-refractivity contribution in [3.8, 4) is 0 Å². The first kappa shape index (κ1) is 12.4. The van der Waals surface area contributed by atoms with E-state index in [1.807, 2.05) is 18.2 Å². The zero-order valence-electron chi connectivity index (χ0n) is 10.3. The Bertz CT molecular complexity index is 572. The number of piperidine rings is 1. The van der Waals surface area contributed by atoms with Crippen LogP contribution >= 0.6 is 22.9 Å². The summed E-state index contributed by atoms with van der Waals surface area (Å²) in [5.74, 6) is 0. The molecule has 0 radical (unpaired) electrons. The molecule has 18 heavy (non-hydrogen) atoms. The van der Waals surface area contributed by atoms with Gasteiger partial charge in [-0.2, -0.15) is 0 Å². The summed E-state index contributed by atoms with van der Waals surface area (Å²) in [6.07, 6.45) is 1.62. The van der Waals surface area contributed by atoms with Crippen LogP contribution in [0.15, 0.2) is 24.3 Å². The number of likely N-dealkylation sites (tertiary alicyclic amines) is 1. The van der Waals surface area contributed by atoms with E-state index in [2.05, 4.69) is 18.0 Å². The Kier molecular flexibility index (Phi) is 3.10. The lowest BCUT2D eigenvalue weighted by atomic mass is 9.90. The maximum atomic E-state index is 10.8. The number of rotatable bonds is 1. The van der Waals surface area contributed by atoms with Crippen LogP contribution in [0.5, 0.6) is 0 Å². The molecule has 2 heterocycles. The zero-order chi connectivity index (χ0) is 12.8. The first-order valence-electron chi connectivity index (χ1n) is 6.17. The summed E-state index contributed by atoms with van der Waals surface area (Å²) in [6, 6.07) is 8.00. The average molecular weight is 282 g/mol. The van der Waals surface area contributed by atoms with Gasteiger partial charge in [0.25, 0.3) is 0 Å². The van der Waals surface area contributed by atoms with Crippen molar-refractivity contribution in [3.63, 3.8) is 0 Å². The molecule has 3 rings (SSSR count). The number of thiophene rings is 1. The molecule has 0 bridgehead atoms. The van der Waals surface area contributed by atoms with Crippen LogP contribution < -0.4 is 0 Å². The van der Waals surface area contributed by atoms with Crippen LogP contribution in [0.2, 0.25) is 5.02 Å². The highest BCUT2D eigenvalue weighted by Crippen LogP contribution is 2.39. The van der Waals surface area contributed by atoms with Crippen molar-refractivity contribution in [1.82, 2.24) is 4.90 Å². The monoisotopic (exact) mass is 281 g/mol. The minimum absolute atomic E-state index is 0.650. The minimum Gasteiger partial charge on any atom is -0.384 e.